The van der Waals surface area contributed by atoms with Gasteiger partial charge in [-0.15, -0.1) is 45.1 Å². The van der Waals surface area contributed by atoms with Crippen LogP contribution < -0.4 is 39.4 Å². The van der Waals surface area contributed by atoms with Crippen molar-refractivity contribution in [1.29, 1.82) is 0 Å². The summed E-state index contributed by atoms with van der Waals surface area (Å²) in [5.74, 6) is -0.966. The van der Waals surface area contributed by atoms with E-state index in [1.165, 1.54) is 35.1 Å². The molecule has 0 radical (unpaired) electrons. The Labute approximate surface area is 362 Å². The first kappa shape index (κ1) is 40.6. The van der Waals surface area contributed by atoms with Crippen molar-refractivity contribution >= 4 is 63.5 Å². The van der Waals surface area contributed by atoms with Crippen LogP contribution in [0.15, 0.2) is 155 Å². The summed E-state index contributed by atoms with van der Waals surface area (Å²) < 4.78 is 3.53. The fourth-order valence-electron chi connectivity index (χ4n) is 6.58. The van der Waals surface area contributed by atoms with E-state index >= 15 is 0 Å². The summed E-state index contributed by atoms with van der Waals surface area (Å²) >= 11 is 4.38. The lowest BCUT2D eigenvalue weighted by Gasteiger charge is -2.44. The second kappa shape index (κ2) is 18.3. The Morgan fingerprint density at radius 3 is 2.10 bits per heavy atom. The highest BCUT2D eigenvalue weighted by Gasteiger charge is 2.46. The minimum absolute atomic E-state index is 0. The third-order valence-electron chi connectivity index (χ3n) is 9.29. The topological polar surface area (TPSA) is 157 Å². The van der Waals surface area contributed by atoms with Crippen LogP contribution in [0.25, 0.3) is 0 Å². The minimum atomic E-state index is -0.860. The first-order chi connectivity index (χ1) is 27.9. The molecule has 1 atom stereocenters. The van der Waals surface area contributed by atoms with Crippen LogP contribution in [-0.4, -0.2) is 72.2 Å². The summed E-state index contributed by atoms with van der Waals surface area (Å²) in [5, 5.41) is 17.3. The molecule has 0 spiro atoms. The predicted molar refractivity (Wildman–Crippen MR) is 216 cm³/mol. The first-order valence-electron chi connectivity index (χ1n) is 17.6. The van der Waals surface area contributed by atoms with Gasteiger partial charge in [-0.2, -0.15) is 5.48 Å². The maximum atomic E-state index is 13.7. The molecule has 18 heteroatoms. The van der Waals surface area contributed by atoms with Gasteiger partial charge in [-0.05, 0) is 22.3 Å². The number of oxime groups is 1. The van der Waals surface area contributed by atoms with Gasteiger partial charge in [0.15, 0.2) is 23.5 Å². The van der Waals surface area contributed by atoms with Crippen LogP contribution in [0, 0.1) is 0 Å². The summed E-state index contributed by atoms with van der Waals surface area (Å²) in [4.78, 5) is 57.7. The zero-order valence-electron chi connectivity index (χ0n) is 30.7. The number of hydrogen-bond acceptors (Lipinski definition) is 13. The number of anilines is 1. The number of β-lactam (4-membered cyclic amide) rings is 1. The van der Waals surface area contributed by atoms with Gasteiger partial charge in [0.1, 0.15) is 24.0 Å². The molecular formula is C40H34IN9O5S3. The second-order valence-electron chi connectivity index (χ2n) is 12.7. The van der Waals surface area contributed by atoms with Crippen molar-refractivity contribution in [1.82, 2.24) is 30.2 Å². The number of hydrogen-bond donors (Lipinski definition) is 2. The SMILES string of the molecule is CO/N=C(\C(=O)NOC(=O)C1=C(CSc2cc[n+](-n3cnnc3)cc2)CS[C@H]2CC(=O)N12)c1csc(NC(c2ccccc2)(c2ccccc2)c2ccccc2)n1.[I-]. The number of pyridine rings is 1. The van der Waals surface area contributed by atoms with E-state index in [0.717, 1.165) is 21.6 Å². The molecule has 2 aliphatic heterocycles. The van der Waals surface area contributed by atoms with E-state index in [4.69, 9.17) is 14.7 Å². The van der Waals surface area contributed by atoms with Crippen LogP contribution in [0.3, 0.4) is 0 Å². The maximum absolute atomic E-state index is 13.7. The van der Waals surface area contributed by atoms with Crippen molar-refractivity contribution in [3.05, 3.63) is 167 Å². The molecule has 14 nitrogen and oxygen atoms in total. The number of fused-ring (bicyclic) bond motifs is 1. The third-order valence-corrected chi connectivity index (χ3v) is 12.4. The number of thiazole rings is 1. The molecule has 0 aliphatic carbocycles. The number of hydroxylamine groups is 1. The molecule has 0 unspecified atom stereocenters. The molecule has 0 bridgehead atoms. The monoisotopic (exact) mass is 943 g/mol. The molecule has 2 N–H and O–H groups in total. The van der Waals surface area contributed by atoms with Gasteiger partial charge in [0.05, 0.1) is 11.8 Å². The van der Waals surface area contributed by atoms with Crippen LogP contribution in [-0.2, 0) is 29.6 Å². The van der Waals surface area contributed by atoms with Crippen molar-refractivity contribution in [2.75, 3.05) is 23.9 Å². The Kier molecular flexibility index (Phi) is 12.9. The molecule has 2 aliphatic rings. The van der Waals surface area contributed by atoms with Crippen LogP contribution in [0.2, 0.25) is 0 Å². The van der Waals surface area contributed by atoms with Crippen molar-refractivity contribution in [3.63, 3.8) is 0 Å². The van der Waals surface area contributed by atoms with E-state index in [1.54, 1.807) is 34.5 Å². The molecule has 1 fully saturated rings. The second-order valence-corrected chi connectivity index (χ2v) is 15.8. The highest BCUT2D eigenvalue weighted by atomic mass is 127. The van der Waals surface area contributed by atoms with Crippen LogP contribution in [0.4, 0.5) is 5.13 Å². The van der Waals surface area contributed by atoms with E-state index in [1.807, 2.05) is 83.8 Å². The quantitative estimate of drug-likeness (QED) is 0.0333. The summed E-state index contributed by atoms with van der Waals surface area (Å²) in [7, 11) is 1.31. The number of nitrogens with zero attached hydrogens (tertiary/aromatic N) is 7. The summed E-state index contributed by atoms with van der Waals surface area (Å²) in [6.07, 6.45) is 7.21. The molecular weight excluding hydrogens is 910 g/mol. The van der Waals surface area contributed by atoms with E-state index in [0.29, 0.717) is 28.6 Å². The zero-order valence-corrected chi connectivity index (χ0v) is 35.3. The van der Waals surface area contributed by atoms with Gasteiger partial charge < -0.3 is 39.0 Å². The Morgan fingerprint density at radius 1 is 0.931 bits per heavy atom. The highest BCUT2D eigenvalue weighted by Crippen LogP contribution is 2.42. The molecule has 8 rings (SSSR count). The lowest BCUT2D eigenvalue weighted by Crippen LogP contribution is -3.00. The number of carbonyl (C=O) groups is 3. The summed E-state index contributed by atoms with van der Waals surface area (Å²) in [6, 6.07) is 34.0. The van der Waals surface area contributed by atoms with Crippen molar-refractivity contribution in [2.45, 2.75) is 22.2 Å². The standard InChI is InChI=1S/C40H33N9O5S3.HI/c1-53-45-35(32-24-57-39(43-32)44-40(28-11-5-2-6-12-28,29-13-7-3-8-14-29)30-15-9-4-10-16-30)37(51)46-54-38(52)36-27(23-56-34-21-33(50)49(34)36)22-55-31-17-19-47(20-18-31)48-25-41-42-26-48;/h2-20,24-26,34H,21-23H2,1H3,(H-,43,44,46,51);1H/b45-35-;/t34-;/m0./s1. The van der Waals surface area contributed by atoms with E-state index in [-0.39, 0.29) is 52.4 Å². The Balaban J connectivity index is 0.00000512. The maximum Gasteiger partial charge on any atom is 0.379 e. The molecule has 6 aromatic rings. The van der Waals surface area contributed by atoms with Crippen LogP contribution in [0.5, 0.6) is 0 Å². The lowest BCUT2D eigenvalue weighted by molar-refractivity contribution is -0.728. The molecule has 0 saturated carbocycles. The average molecular weight is 944 g/mol. The number of rotatable bonds is 13. The van der Waals surface area contributed by atoms with Gasteiger partial charge in [0.2, 0.25) is 18.3 Å². The largest absolute Gasteiger partial charge is 1.00 e. The van der Waals surface area contributed by atoms with Gasteiger partial charge in [-0.3, -0.25) is 14.5 Å². The molecule has 5 heterocycles. The first-order valence-corrected chi connectivity index (χ1v) is 20.5. The minimum Gasteiger partial charge on any atom is -1.00 e. The predicted octanol–water partition coefficient (Wildman–Crippen LogP) is 2.02. The number of halogens is 1. The number of benzene rings is 3. The van der Waals surface area contributed by atoms with Gasteiger partial charge in [0, 0.05) is 33.9 Å². The molecule has 3 aromatic heterocycles. The number of aromatic nitrogens is 5. The number of amides is 2. The number of carbonyl (C=O) groups excluding carboxylic acids is 3. The Morgan fingerprint density at radius 2 is 1.53 bits per heavy atom. The average Bonchev–Trinajstić information content (AvgIpc) is 3.97. The van der Waals surface area contributed by atoms with E-state index < -0.39 is 17.4 Å². The van der Waals surface area contributed by atoms with Crippen LogP contribution in [0.1, 0.15) is 28.8 Å². The smallest absolute Gasteiger partial charge is 0.379 e. The van der Waals surface area contributed by atoms with Gasteiger partial charge in [0.25, 0.3) is 0 Å². The third kappa shape index (κ3) is 8.36. The molecule has 1 saturated heterocycles. The van der Waals surface area contributed by atoms with E-state index in [2.05, 4.69) is 62.5 Å². The zero-order chi connectivity index (χ0) is 39.2. The Hall–Kier alpha value is -5.57. The van der Waals surface area contributed by atoms with Crippen LogP contribution >= 0.6 is 34.9 Å². The molecule has 2 amide bonds. The van der Waals surface area contributed by atoms with Crippen molar-refractivity contribution < 1.29 is 52.7 Å². The van der Waals surface area contributed by atoms with E-state index in [9.17, 15) is 14.4 Å². The van der Waals surface area contributed by atoms with Crippen molar-refractivity contribution in [2.24, 2.45) is 5.16 Å². The number of nitrogens with one attached hydrogen (secondary N) is 2. The molecule has 3 aromatic carbocycles. The highest BCUT2D eigenvalue weighted by molar-refractivity contribution is 8.01. The fraction of sp³-hybridized carbons (Fsp3) is 0.150. The normalized spacial score (nSPS) is 15.1. The number of thioether (sulfide) groups is 2. The van der Waals surface area contributed by atoms with Gasteiger partial charge in [-0.25, -0.2) is 9.78 Å². The summed E-state index contributed by atoms with van der Waals surface area (Å²) in [6.45, 7) is 0. The Bertz CT molecular complexity index is 2340. The summed E-state index contributed by atoms with van der Waals surface area (Å²) in [5.41, 5.74) is 5.12. The fourth-order valence-corrected chi connectivity index (χ4v) is 9.62. The lowest BCUT2D eigenvalue weighted by atomic mass is 9.77. The molecule has 294 valence electrons. The van der Waals surface area contributed by atoms with Gasteiger partial charge >= 0.3 is 11.9 Å². The van der Waals surface area contributed by atoms with Gasteiger partial charge in [-0.1, -0.05) is 106 Å². The van der Waals surface area contributed by atoms with Crippen molar-refractivity contribution in [3.8, 4) is 0 Å². The molecule has 58 heavy (non-hydrogen) atoms.